The Labute approximate surface area is 179 Å². The average Bonchev–Trinajstić information content (AvgIpc) is 3.43. The fourth-order valence-electron chi connectivity index (χ4n) is 3.30. The lowest BCUT2D eigenvalue weighted by Crippen LogP contribution is -2.39. The molecule has 0 bridgehead atoms. The van der Waals surface area contributed by atoms with Crippen LogP contribution >= 0.6 is 11.6 Å². The topological polar surface area (TPSA) is 76.5 Å². The second-order valence-corrected chi connectivity index (χ2v) is 7.49. The van der Waals surface area contributed by atoms with Gasteiger partial charge in [-0.2, -0.15) is 5.10 Å². The number of hydrogen-bond donors (Lipinski definition) is 1. The van der Waals surface area contributed by atoms with Crippen molar-refractivity contribution in [1.82, 2.24) is 20.0 Å². The summed E-state index contributed by atoms with van der Waals surface area (Å²) in [5, 5.41) is 7.86. The van der Waals surface area contributed by atoms with Crippen molar-refractivity contribution >= 4 is 23.4 Å². The monoisotopic (exact) mass is 424 g/mol. The molecule has 1 N–H and O–H groups in total. The number of benzene rings is 2. The minimum Gasteiger partial charge on any atom is -0.484 e. The van der Waals surface area contributed by atoms with Crippen LogP contribution in [0.15, 0.2) is 67.0 Å². The molecule has 0 spiro atoms. The Kier molecular flexibility index (Phi) is 5.99. The van der Waals surface area contributed by atoms with Gasteiger partial charge in [0.2, 0.25) is 0 Å². The number of para-hydroxylation sites is 1. The van der Waals surface area contributed by atoms with E-state index in [1.165, 1.54) is 6.20 Å². The first-order valence-corrected chi connectivity index (χ1v) is 10.0. The minimum absolute atomic E-state index is 0.0153. The summed E-state index contributed by atoms with van der Waals surface area (Å²) in [6.45, 7) is 1.04. The zero-order valence-electron chi connectivity index (χ0n) is 16.2. The van der Waals surface area contributed by atoms with Gasteiger partial charge in [-0.1, -0.05) is 29.8 Å². The fourth-order valence-corrected chi connectivity index (χ4v) is 3.43. The van der Waals surface area contributed by atoms with Crippen molar-refractivity contribution in [3.63, 3.8) is 0 Å². The van der Waals surface area contributed by atoms with E-state index < -0.39 is 0 Å². The molecular formula is C22H21ClN4O3. The van der Waals surface area contributed by atoms with Crippen LogP contribution in [0.4, 0.5) is 0 Å². The van der Waals surface area contributed by atoms with Gasteiger partial charge in [-0.15, -0.1) is 0 Å². The third-order valence-corrected chi connectivity index (χ3v) is 5.17. The second-order valence-electron chi connectivity index (χ2n) is 7.05. The van der Waals surface area contributed by atoms with Crippen LogP contribution in [0.5, 0.6) is 5.75 Å². The van der Waals surface area contributed by atoms with Crippen LogP contribution in [-0.2, 0) is 4.79 Å². The Balaban J connectivity index is 1.28. The second kappa shape index (κ2) is 9.00. The molecule has 3 aromatic rings. The van der Waals surface area contributed by atoms with Gasteiger partial charge in [-0.3, -0.25) is 9.59 Å². The molecule has 1 unspecified atom stereocenters. The molecule has 1 fully saturated rings. The van der Waals surface area contributed by atoms with Gasteiger partial charge in [-0.05, 0) is 42.8 Å². The molecule has 1 saturated heterocycles. The smallest absolute Gasteiger partial charge is 0.260 e. The Morgan fingerprint density at radius 2 is 1.90 bits per heavy atom. The summed E-state index contributed by atoms with van der Waals surface area (Å²) in [5.74, 6) is 0.355. The van der Waals surface area contributed by atoms with Crippen molar-refractivity contribution in [1.29, 1.82) is 0 Å². The molecule has 2 amide bonds. The van der Waals surface area contributed by atoms with E-state index in [0.29, 0.717) is 35.8 Å². The summed E-state index contributed by atoms with van der Waals surface area (Å²) in [4.78, 5) is 26.7. The standard InChI is InChI=1S/C22H21ClN4O3/c23-17-6-8-19(9-7-17)27-13-16(12-24-27)22(29)25-18-10-11-26(14-18)21(28)15-30-20-4-2-1-3-5-20/h1-9,12-13,18H,10-11,14-15H2,(H,25,29). The zero-order chi connectivity index (χ0) is 20.9. The van der Waals surface area contributed by atoms with Gasteiger partial charge in [0, 0.05) is 30.4 Å². The van der Waals surface area contributed by atoms with Gasteiger partial charge >= 0.3 is 0 Å². The highest BCUT2D eigenvalue weighted by molar-refractivity contribution is 6.30. The molecule has 8 heteroatoms. The number of hydrogen-bond acceptors (Lipinski definition) is 4. The van der Waals surface area contributed by atoms with E-state index in [0.717, 1.165) is 5.69 Å². The van der Waals surface area contributed by atoms with E-state index in [2.05, 4.69) is 10.4 Å². The number of halogens is 1. The molecule has 2 heterocycles. The van der Waals surface area contributed by atoms with Gasteiger partial charge in [-0.25, -0.2) is 4.68 Å². The number of nitrogens with zero attached hydrogens (tertiary/aromatic N) is 3. The number of ether oxygens (including phenoxy) is 1. The van der Waals surface area contributed by atoms with Crippen molar-refractivity contribution in [3.05, 3.63) is 77.6 Å². The fraction of sp³-hybridized carbons (Fsp3) is 0.227. The molecular weight excluding hydrogens is 404 g/mol. The molecule has 2 aromatic carbocycles. The average molecular weight is 425 g/mol. The van der Waals surface area contributed by atoms with Crippen LogP contribution in [0, 0.1) is 0 Å². The number of rotatable bonds is 6. The van der Waals surface area contributed by atoms with Crippen molar-refractivity contribution in [2.45, 2.75) is 12.5 Å². The van der Waals surface area contributed by atoms with Gasteiger partial charge in [0.1, 0.15) is 5.75 Å². The van der Waals surface area contributed by atoms with Crippen molar-refractivity contribution in [2.24, 2.45) is 0 Å². The van der Waals surface area contributed by atoms with Crippen LogP contribution in [0.1, 0.15) is 16.8 Å². The van der Waals surface area contributed by atoms with E-state index in [1.54, 1.807) is 27.9 Å². The number of likely N-dealkylation sites (tertiary alicyclic amines) is 1. The highest BCUT2D eigenvalue weighted by atomic mass is 35.5. The molecule has 30 heavy (non-hydrogen) atoms. The number of nitrogens with one attached hydrogen (secondary N) is 1. The number of aromatic nitrogens is 2. The summed E-state index contributed by atoms with van der Waals surface area (Å²) in [6.07, 6.45) is 3.90. The summed E-state index contributed by atoms with van der Waals surface area (Å²) in [5.41, 5.74) is 1.27. The maximum absolute atomic E-state index is 12.6. The van der Waals surface area contributed by atoms with E-state index in [4.69, 9.17) is 16.3 Å². The molecule has 0 aliphatic carbocycles. The number of amides is 2. The highest BCUT2D eigenvalue weighted by Crippen LogP contribution is 2.15. The zero-order valence-corrected chi connectivity index (χ0v) is 17.0. The molecule has 1 atom stereocenters. The SMILES string of the molecule is O=C(NC1CCN(C(=O)COc2ccccc2)C1)c1cnn(-c2ccc(Cl)cc2)c1. The molecule has 7 nitrogen and oxygen atoms in total. The van der Waals surface area contributed by atoms with Crippen LogP contribution in [0.25, 0.3) is 5.69 Å². The third kappa shape index (κ3) is 4.80. The van der Waals surface area contributed by atoms with Crippen LogP contribution in [0.2, 0.25) is 5.02 Å². The molecule has 1 aliphatic rings. The first kappa shape index (κ1) is 20.0. The van der Waals surface area contributed by atoms with E-state index in [-0.39, 0.29) is 24.5 Å². The quantitative estimate of drug-likeness (QED) is 0.660. The summed E-state index contributed by atoms with van der Waals surface area (Å²) in [6, 6.07) is 16.3. The van der Waals surface area contributed by atoms with Crippen molar-refractivity contribution in [2.75, 3.05) is 19.7 Å². The Bertz CT molecular complexity index is 1020. The van der Waals surface area contributed by atoms with E-state index in [1.807, 2.05) is 42.5 Å². The first-order valence-electron chi connectivity index (χ1n) is 9.65. The summed E-state index contributed by atoms with van der Waals surface area (Å²) < 4.78 is 7.14. The third-order valence-electron chi connectivity index (χ3n) is 4.92. The van der Waals surface area contributed by atoms with Crippen molar-refractivity contribution in [3.8, 4) is 11.4 Å². The lowest BCUT2D eigenvalue weighted by atomic mass is 10.2. The van der Waals surface area contributed by atoms with Gasteiger partial charge in [0.05, 0.1) is 17.4 Å². The molecule has 0 saturated carbocycles. The molecule has 1 aromatic heterocycles. The lowest BCUT2D eigenvalue weighted by Gasteiger charge is -2.17. The predicted octanol–water partition coefficient (Wildman–Crippen LogP) is 2.94. The Morgan fingerprint density at radius 3 is 2.67 bits per heavy atom. The van der Waals surface area contributed by atoms with Crippen LogP contribution in [0.3, 0.4) is 0 Å². The largest absolute Gasteiger partial charge is 0.484 e. The number of carbonyl (C=O) groups is 2. The minimum atomic E-state index is -0.213. The van der Waals surface area contributed by atoms with Crippen molar-refractivity contribution < 1.29 is 14.3 Å². The molecule has 1 aliphatic heterocycles. The van der Waals surface area contributed by atoms with Gasteiger partial charge in [0.15, 0.2) is 6.61 Å². The Hall–Kier alpha value is -3.32. The Morgan fingerprint density at radius 1 is 1.13 bits per heavy atom. The van der Waals surface area contributed by atoms with Gasteiger partial charge < -0.3 is 15.0 Å². The maximum atomic E-state index is 12.6. The van der Waals surface area contributed by atoms with E-state index >= 15 is 0 Å². The number of carbonyl (C=O) groups excluding carboxylic acids is 2. The van der Waals surface area contributed by atoms with Gasteiger partial charge in [0.25, 0.3) is 11.8 Å². The highest BCUT2D eigenvalue weighted by Gasteiger charge is 2.28. The molecule has 4 rings (SSSR count). The van der Waals surface area contributed by atoms with Crippen LogP contribution < -0.4 is 10.1 Å². The maximum Gasteiger partial charge on any atom is 0.260 e. The lowest BCUT2D eigenvalue weighted by molar-refractivity contribution is -0.132. The summed E-state index contributed by atoms with van der Waals surface area (Å²) >= 11 is 5.91. The van der Waals surface area contributed by atoms with E-state index in [9.17, 15) is 9.59 Å². The molecule has 0 radical (unpaired) electrons. The molecule has 154 valence electrons. The summed E-state index contributed by atoms with van der Waals surface area (Å²) in [7, 11) is 0. The van der Waals surface area contributed by atoms with Crippen LogP contribution in [-0.4, -0.2) is 52.2 Å². The first-order chi connectivity index (χ1) is 14.6. The normalized spacial score (nSPS) is 15.8. The predicted molar refractivity (Wildman–Crippen MR) is 113 cm³/mol.